The number of fused-ring (bicyclic) bond motifs is 1. The van der Waals surface area contributed by atoms with E-state index in [1.165, 1.54) is 24.3 Å². The number of halogens is 5. The molecular weight excluding hydrogens is 783 g/mol. The fourth-order valence-corrected chi connectivity index (χ4v) is 5.84. The Morgan fingerprint density at radius 2 is 1.34 bits per heavy atom. The van der Waals surface area contributed by atoms with Crippen molar-refractivity contribution in [1.82, 2.24) is 19.4 Å². The number of aliphatic hydroxyl groups is 2. The summed E-state index contributed by atoms with van der Waals surface area (Å²) in [4.78, 5) is 54.8. The monoisotopic (exact) mass is 826 g/mol. The zero-order chi connectivity index (χ0) is 43.8. The van der Waals surface area contributed by atoms with Crippen LogP contribution in [0.25, 0.3) is 22.0 Å². The van der Waals surface area contributed by atoms with Crippen molar-refractivity contribution in [2.75, 3.05) is 20.6 Å². The number of nitrogens with zero attached hydrogens (tertiary/aromatic N) is 4. The molecule has 59 heavy (non-hydrogen) atoms. The number of aryl methyl sites for hydroxylation is 2. The van der Waals surface area contributed by atoms with Crippen molar-refractivity contribution in [1.29, 1.82) is 0 Å². The first-order valence-electron chi connectivity index (χ1n) is 18.1. The van der Waals surface area contributed by atoms with E-state index in [0.717, 1.165) is 29.3 Å². The predicted octanol–water partition coefficient (Wildman–Crippen LogP) is 5.39. The van der Waals surface area contributed by atoms with Gasteiger partial charge in [0.1, 0.15) is 12.4 Å². The average molecular weight is 827 g/mol. The standard InChI is InChI=1S/C38H37F5N4O2.C4H6O6/c1-37(2,45(3)4)24-46(22-25-12-14-26(15-13-25)27-16-19-29(20-17-27)38(41,42)43)34(48)23-47-32-11-6-5-9-30(32)36(49)44-33(47)21-18-28-8-7-10-31(39)35(28)40;5-1(3(7)8)2(6)4(9)10/h5-17,19-20H,18,21-24H2,1-4H3;1-2,5-6H,(H,7,8)(H,9,10). The second kappa shape index (κ2) is 19.1. The van der Waals surface area contributed by atoms with Gasteiger partial charge < -0.3 is 34.8 Å². The molecule has 0 aliphatic rings. The Kier molecular flexibility index (Phi) is 14.8. The SMILES string of the molecule is CN(C)C(C)(C)CN(Cc1ccc(-c2ccc(C(F)(F)F)cc2)cc1)C(=O)Cn1c(CCc2cccc(F)c2F)nc(=O)c2ccccc21.O=C(O)C(O)C(O)C(=O)O. The lowest BCUT2D eigenvalue weighted by Crippen LogP contribution is -2.50. The third-order valence-electron chi connectivity index (χ3n) is 9.73. The van der Waals surface area contributed by atoms with Gasteiger partial charge in [-0.15, -0.1) is 0 Å². The highest BCUT2D eigenvalue weighted by Gasteiger charge is 2.31. The second-order valence-corrected chi connectivity index (χ2v) is 14.4. The van der Waals surface area contributed by atoms with E-state index >= 15 is 0 Å². The van der Waals surface area contributed by atoms with Crippen LogP contribution in [0.1, 0.15) is 36.4 Å². The molecule has 0 aliphatic heterocycles. The highest BCUT2D eigenvalue weighted by molar-refractivity contribution is 5.83. The minimum atomic E-state index is -4.42. The van der Waals surface area contributed by atoms with Crippen LogP contribution in [0.5, 0.6) is 0 Å². The highest BCUT2D eigenvalue weighted by atomic mass is 19.4. The van der Waals surface area contributed by atoms with Crippen LogP contribution in [0.4, 0.5) is 22.0 Å². The smallest absolute Gasteiger partial charge is 0.416 e. The topological polar surface area (TPSA) is 174 Å². The van der Waals surface area contributed by atoms with Gasteiger partial charge in [-0.1, -0.05) is 60.7 Å². The predicted molar refractivity (Wildman–Crippen MR) is 207 cm³/mol. The van der Waals surface area contributed by atoms with Crippen LogP contribution in [0, 0.1) is 11.6 Å². The van der Waals surface area contributed by atoms with Gasteiger partial charge in [0, 0.05) is 25.0 Å². The summed E-state index contributed by atoms with van der Waals surface area (Å²) in [6.45, 7) is 4.43. The molecule has 0 radical (unpaired) electrons. The van der Waals surface area contributed by atoms with Crippen molar-refractivity contribution in [2.24, 2.45) is 0 Å². The summed E-state index contributed by atoms with van der Waals surface area (Å²) in [5, 5.41) is 32.9. The number of likely N-dealkylation sites (N-methyl/N-ethyl adjacent to an activating group) is 1. The molecule has 1 amide bonds. The summed E-state index contributed by atoms with van der Waals surface area (Å²) >= 11 is 0. The number of aliphatic carboxylic acids is 2. The lowest BCUT2D eigenvalue weighted by Gasteiger charge is -2.38. The number of amides is 1. The highest BCUT2D eigenvalue weighted by Crippen LogP contribution is 2.31. The van der Waals surface area contributed by atoms with E-state index in [2.05, 4.69) is 4.98 Å². The van der Waals surface area contributed by atoms with Gasteiger partial charge in [0.25, 0.3) is 5.56 Å². The van der Waals surface area contributed by atoms with Gasteiger partial charge in [-0.05, 0) is 86.9 Å². The van der Waals surface area contributed by atoms with Gasteiger partial charge in [0.2, 0.25) is 5.91 Å². The second-order valence-electron chi connectivity index (χ2n) is 14.4. The van der Waals surface area contributed by atoms with Gasteiger partial charge in [-0.3, -0.25) is 9.59 Å². The Balaban J connectivity index is 0.000000680. The van der Waals surface area contributed by atoms with E-state index in [4.69, 9.17) is 20.4 Å². The fraction of sp³-hybridized carbons (Fsp3) is 0.310. The molecule has 2 atom stereocenters. The number of carbonyl (C=O) groups excluding carboxylic acids is 1. The molecule has 0 bridgehead atoms. The number of para-hydroxylation sites is 1. The Labute approximate surface area is 335 Å². The van der Waals surface area contributed by atoms with Crippen LogP contribution in [0.2, 0.25) is 0 Å². The number of carbonyl (C=O) groups is 3. The van der Waals surface area contributed by atoms with E-state index in [1.54, 1.807) is 45.9 Å². The van der Waals surface area contributed by atoms with Crippen molar-refractivity contribution < 1.29 is 56.8 Å². The summed E-state index contributed by atoms with van der Waals surface area (Å²) in [6.07, 6.45) is -8.81. The first-order chi connectivity index (χ1) is 27.6. The van der Waals surface area contributed by atoms with Crippen LogP contribution in [0.3, 0.4) is 0 Å². The number of hydrogen-bond acceptors (Lipinski definition) is 8. The molecule has 2 unspecified atom stereocenters. The molecule has 12 nitrogen and oxygen atoms in total. The molecule has 5 rings (SSSR count). The number of benzene rings is 4. The van der Waals surface area contributed by atoms with Crippen molar-refractivity contribution in [3.63, 3.8) is 0 Å². The van der Waals surface area contributed by atoms with Crippen molar-refractivity contribution in [3.05, 3.63) is 135 Å². The van der Waals surface area contributed by atoms with Crippen molar-refractivity contribution in [3.8, 4) is 11.1 Å². The minimum Gasteiger partial charge on any atom is -0.479 e. The number of aliphatic hydroxyl groups excluding tert-OH is 2. The van der Waals surface area contributed by atoms with Gasteiger partial charge in [-0.2, -0.15) is 18.2 Å². The molecule has 0 aliphatic carbocycles. The maximum absolute atomic E-state index is 14.5. The largest absolute Gasteiger partial charge is 0.479 e. The fourth-order valence-electron chi connectivity index (χ4n) is 5.84. The lowest BCUT2D eigenvalue weighted by molar-refractivity contribution is -0.165. The van der Waals surface area contributed by atoms with Crippen LogP contribution >= 0.6 is 0 Å². The molecule has 314 valence electrons. The Hall–Kier alpha value is -6.04. The number of carboxylic acids is 2. The summed E-state index contributed by atoms with van der Waals surface area (Å²) in [6, 6.07) is 23.0. The molecule has 4 N–H and O–H groups in total. The van der Waals surface area contributed by atoms with E-state index in [1.807, 2.05) is 45.0 Å². The maximum atomic E-state index is 14.5. The maximum Gasteiger partial charge on any atom is 0.416 e. The molecular formula is C42H43F5N4O8. The van der Waals surface area contributed by atoms with Gasteiger partial charge in [-0.25, -0.2) is 18.4 Å². The Morgan fingerprint density at radius 3 is 1.88 bits per heavy atom. The number of aromatic nitrogens is 2. The van der Waals surface area contributed by atoms with Crippen LogP contribution in [0.15, 0.2) is 95.8 Å². The summed E-state index contributed by atoms with van der Waals surface area (Å²) < 4.78 is 69.2. The summed E-state index contributed by atoms with van der Waals surface area (Å²) in [7, 11) is 3.84. The molecule has 0 spiro atoms. The number of rotatable bonds is 14. The molecule has 0 saturated heterocycles. The van der Waals surface area contributed by atoms with E-state index in [0.29, 0.717) is 23.0 Å². The molecule has 0 saturated carbocycles. The third-order valence-corrected chi connectivity index (χ3v) is 9.73. The minimum absolute atomic E-state index is 0.0607. The number of carboxylic acid groups (broad SMARTS) is 2. The van der Waals surface area contributed by atoms with E-state index < -0.39 is 58.6 Å². The lowest BCUT2D eigenvalue weighted by atomic mass is 10.0. The molecule has 17 heteroatoms. The normalized spacial score (nSPS) is 12.7. The summed E-state index contributed by atoms with van der Waals surface area (Å²) in [5.74, 6) is -5.45. The first kappa shape index (κ1) is 45.7. The zero-order valence-electron chi connectivity index (χ0n) is 32.5. The molecule has 1 heterocycles. The molecule has 4 aromatic carbocycles. The van der Waals surface area contributed by atoms with Crippen molar-refractivity contribution >= 4 is 28.7 Å². The van der Waals surface area contributed by atoms with E-state index in [-0.39, 0.29) is 43.2 Å². The molecule has 1 aromatic heterocycles. The quantitative estimate of drug-likeness (QED) is 0.106. The average Bonchev–Trinajstić information content (AvgIpc) is 3.18. The zero-order valence-corrected chi connectivity index (χ0v) is 32.5. The molecule has 5 aromatic rings. The van der Waals surface area contributed by atoms with Crippen LogP contribution in [-0.4, -0.2) is 96.0 Å². The van der Waals surface area contributed by atoms with Gasteiger partial charge in [0.15, 0.2) is 23.8 Å². The van der Waals surface area contributed by atoms with Gasteiger partial charge >= 0.3 is 18.1 Å². The van der Waals surface area contributed by atoms with Gasteiger partial charge in [0.05, 0.1) is 16.5 Å². The summed E-state index contributed by atoms with van der Waals surface area (Å²) in [5.41, 5.74) is 1.17. The Bertz CT molecular complexity index is 2310. The number of hydrogen-bond donors (Lipinski definition) is 4. The van der Waals surface area contributed by atoms with Crippen molar-refractivity contribution in [2.45, 2.75) is 63.7 Å². The number of alkyl halides is 3. The third kappa shape index (κ3) is 11.8. The Morgan fingerprint density at radius 1 is 0.780 bits per heavy atom. The van der Waals surface area contributed by atoms with Crippen LogP contribution < -0.4 is 5.56 Å². The van der Waals surface area contributed by atoms with Crippen LogP contribution in [-0.2, 0) is 46.5 Å². The first-order valence-corrected chi connectivity index (χ1v) is 18.1. The van der Waals surface area contributed by atoms with E-state index in [9.17, 15) is 41.1 Å². The molecule has 0 fully saturated rings.